The molecule has 0 atom stereocenters. The molecular weight excluding hydrogens is 382 g/mol. The molecule has 0 saturated carbocycles. The van der Waals surface area contributed by atoms with Crippen molar-refractivity contribution in [3.8, 4) is 0 Å². The van der Waals surface area contributed by atoms with Crippen molar-refractivity contribution in [2.75, 3.05) is 25.0 Å². The Labute approximate surface area is 176 Å². The minimum atomic E-state index is -0.566. The minimum absolute atomic E-state index is 0.195. The Kier molecular flexibility index (Phi) is 6.72. The van der Waals surface area contributed by atoms with E-state index in [0.29, 0.717) is 37.2 Å². The van der Waals surface area contributed by atoms with Gasteiger partial charge in [-0.2, -0.15) is 0 Å². The maximum atomic E-state index is 12.6. The number of anilines is 2. The van der Waals surface area contributed by atoms with Gasteiger partial charge in [0.2, 0.25) is 5.91 Å². The number of para-hydroxylation sites is 1. The number of nitrogens with zero attached hydrogens (tertiary/aromatic N) is 1. The summed E-state index contributed by atoms with van der Waals surface area (Å²) < 4.78 is 5.29. The van der Waals surface area contributed by atoms with Crippen LogP contribution in [0, 0.1) is 19.8 Å². The number of amides is 2. The molecule has 1 aliphatic rings. The Hall–Kier alpha value is -3.35. The fourth-order valence-corrected chi connectivity index (χ4v) is 3.51. The number of benzene rings is 2. The Morgan fingerprint density at radius 1 is 1.03 bits per heavy atom. The summed E-state index contributed by atoms with van der Waals surface area (Å²) in [6.45, 7) is 4.58. The largest absolute Gasteiger partial charge is 0.452 e. The lowest BCUT2D eigenvalue weighted by Crippen LogP contribution is -2.43. The zero-order valence-corrected chi connectivity index (χ0v) is 17.3. The molecule has 1 fully saturated rings. The first kappa shape index (κ1) is 21.4. The SMILES string of the molecule is Cc1cccc(Nc2ccccc2C(=O)OCC(=O)N2CCC(C(N)=O)CC2)c1C. The molecule has 0 aliphatic carbocycles. The lowest BCUT2D eigenvalue weighted by Gasteiger charge is -2.30. The topological polar surface area (TPSA) is 102 Å². The van der Waals surface area contributed by atoms with Crippen LogP contribution in [0.25, 0.3) is 0 Å². The number of piperidine rings is 1. The molecule has 7 heteroatoms. The smallest absolute Gasteiger partial charge is 0.340 e. The lowest BCUT2D eigenvalue weighted by molar-refractivity contribution is -0.137. The molecule has 3 N–H and O–H groups in total. The molecule has 1 saturated heterocycles. The van der Waals surface area contributed by atoms with E-state index in [1.54, 1.807) is 23.1 Å². The van der Waals surface area contributed by atoms with E-state index in [1.807, 2.05) is 38.1 Å². The van der Waals surface area contributed by atoms with Gasteiger partial charge in [-0.1, -0.05) is 24.3 Å². The van der Waals surface area contributed by atoms with Crippen LogP contribution in [0.2, 0.25) is 0 Å². The van der Waals surface area contributed by atoms with Crippen molar-refractivity contribution in [3.63, 3.8) is 0 Å². The summed E-state index contributed by atoms with van der Waals surface area (Å²) in [5.74, 6) is -1.36. The van der Waals surface area contributed by atoms with Crippen LogP contribution in [-0.4, -0.2) is 42.4 Å². The first-order chi connectivity index (χ1) is 14.4. The van der Waals surface area contributed by atoms with Crippen molar-refractivity contribution in [1.29, 1.82) is 0 Å². The van der Waals surface area contributed by atoms with E-state index in [2.05, 4.69) is 5.32 Å². The molecule has 7 nitrogen and oxygen atoms in total. The van der Waals surface area contributed by atoms with E-state index in [0.717, 1.165) is 16.8 Å². The van der Waals surface area contributed by atoms with Crippen LogP contribution in [0.3, 0.4) is 0 Å². The Balaban J connectivity index is 1.62. The second kappa shape index (κ2) is 9.43. The van der Waals surface area contributed by atoms with Crippen molar-refractivity contribution in [2.45, 2.75) is 26.7 Å². The van der Waals surface area contributed by atoms with Gasteiger partial charge in [-0.3, -0.25) is 9.59 Å². The van der Waals surface area contributed by atoms with Crippen molar-refractivity contribution in [3.05, 3.63) is 59.2 Å². The molecule has 0 spiro atoms. The quantitative estimate of drug-likeness (QED) is 0.715. The fraction of sp³-hybridized carbons (Fsp3) is 0.348. The van der Waals surface area contributed by atoms with Crippen LogP contribution in [0.15, 0.2) is 42.5 Å². The van der Waals surface area contributed by atoms with Gasteiger partial charge in [-0.15, -0.1) is 0 Å². The maximum absolute atomic E-state index is 12.6. The first-order valence-corrected chi connectivity index (χ1v) is 10.0. The molecule has 3 rings (SSSR count). The zero-order valence-electron chi connectivity index (χ0n) is 17.3. The number of likely N-dealkylation sites (tertiary alicyclic amines) is 1. The Morgan fingerprint density at radius 3 is 2.40 bits per heavy atom. The van der Waals surface area contributed by atoms with Crippen molar-refractivity contribution in [2.24, 2.45) is 11.7 Å². The summed E-state index contributed by atoms with van der Waals surface area (Å²) in [6.07, 6.45) is 1.08. The van der Waals surface area contributed by atoms with Crippen LogP contribution in [-0.2, 0) is 14.3 Å². The second-order valence-electron chi connectivity index (χ2n) is 7.55. The van der Waals surface area contributed by atoms with E-state index in [-0.39, 0.29) is 24.3 Å². The Morgan fingerprint density at radius 2 is 1.70 bits per heavy atom. The number of hydrogen-bond donors (Lipinski definition) is 2. The van der Waals surface area contributed by atoms with Gasteiger partial charge in [0.25, 0.3) is 5.91 Å². The molecule has 158 valence electrons. The maximum Gasteiger partial charge on any atom is 0.340 e. The highest BCUT2D eigenvalue weighted by Gasteiger charge is 2.26. The van der Waals surface area contributed by atoms with Gasteiger partial charge in [0, 0.05) is 24.7 Å². The van der Waals surface area contributed by atoms with Gasteiger partial charge in [0.15, 0.2) is 6.61 Å². The molecule has 2 amide bonds. The number of hydrogen-bond acceptors (Lipinski definition) is 5. The number of carbonyl (C=O) groups is 3. The molecule has 1 aliphatic heterocycles. The number of primary amides is 1. The monoisotopic (exact) mass is 409 g/mol. The van der Waals surface area contributed by atoms with Gasteiger partial charge in [-0.25, -0.2) is 4.79 Å². The molecule has 0 radical (unpaired) electrons. The van der Waals surface area contributed by atoms with Crippen molar-refractivity contribution >= 4 is 29.2 Å². The van der Waals surface area contributed by atoms with E-state index >= 15 is 0 Å². The number of carbonyl (C=O) groups excluding carboxylic acids is 3. The normalized spacial score (nSPS) is 14.3. The predicted octanol–water partition coefficient (Wildman–Crippen LogP) is 2.93. The predicted molar refractivity (Wildman–Crippen MR) is 114 cm³/mol. The third-order valence-corrected chi connectivity index (χ3v) is 5.60. The molecule has 2 aromatic rings. The van der Waals surface area contributed by atoms with Gasteiger partial charge in [-0.05, 0) is 56.0 Å². The molecule has 30 heavy (non-hydrogen) atoms. The van der Waals surface area contributed by atoms with Crippen LogP contribution in [0.5, 0.6) is 0 Å². The molecule has 1 heterocycles. The van der Waals surface area contributed by atoms with Crippen molar-refractivity contribution in [1.82, 2.24) is 4.90 Å². The average molecular weight is 409 g/mol. The summed E-state index contributed by atoms with van der Waals surface area (Å²) in [4.78, 5) is 37.9. The zero-order chi connectivity index (χ0) is 21.7. The lowest BCUT2D eigenvalue weighted by atomic mass is 9.96. The van der Waals surface area contributed by atoms with Crippen LogP contribution >= 0.6 is 0 Å². The Bertz CT molecular complexity index is 949. The summed E-state index contributed by atoms with van der Waals surface area (Å²) in [5.41, 5.74) is 9.44. The highest BCUT2D eigenvalue weighted by molar-refractivity contribution is 5.97. The molecule has 2 aromatic carbocycles. The summed E-state index contributed by atoms with van der Waals surface area (Å²) in [5, 5.41) is 3.29. The number of rotatable bonds is 6. The van der Waals surface area contributed by atoms with Gasteiger partial charge < -0.3 is 20.7 Å². The van der Waals surface area contributed by atoms with E-state index in [9.17, 15) is 14.4 Å². The van der Waals surface area contributed by atoms with Gasteiger partial charge in [0.1, 0.15) is 0 Å². The summed E-state index contributed by atoms with van der Waals surface area (Å²) in [6, 6.07) is 13.0. The third-order valence-electron chi connectivity index (χ3n) is 5.60. The number of nitrogens with one attached hydrogen (secondary N) is 1. The van der Waals surface area contributed by atoms with Crippen LogP contribution < -0.4 is 11.1 Å². The second-order valence-corrected chi connectivity index (χ2v) is 7.55. The third kappa shape index (κ3) is 4.97. The molecule has 0 unspecified atom stereocenters. The number of nitrogens with two attached hydrogens (primary N) is 1. The molecule has 0 bridgehead atoms. The molecular formula is C23H27N3O4. The van der Waals surface area contributed by atoms with E-state index in [4.69, 9.17) is 10.5 Å². The van der Waals surface area contributed by atoms with Crippen LogP contribution in [0.1, 0.15) is 34.3 Å². The van der Waals surface area contributed by atoms with Gasteiger partial charge in [0.05, 0.1) is 11.3 Å². The van der Waals surface area contributed by atoms with E-state index < -0.39 is 5.97 Å². The van der Waals surface area contributed by atoms with E-state index in [1.165, 1.54) is 0 Å². The average Bonchev–Trinajstić information content (AvgIpc) is 2.75. The number of esters is 1. The minimum Gasteiger partial charge on any atom is -0.452 e. The van der Waals surface area contributed by atoms with Crippen molar-refractivity contribution < 1.29 is 19.1 Å². The number of ether oxygens (including phenoxy) is 1. The highest BCUT2D eigenvalue weighted by atomic mass is 16.5. The highest BCUT2D eigenvalue weighted by Crippen LogP contribution is 2.26. The summed E-state index contributed by atoms with van der Waals surface area (Å²) in [7, 11) is 0. The number of aryl methyl sites for hydroxylation is 1. The standard InChI is InChI=1S/C23H27N3O4/c1-15-6-5-9-19(16(15)2)25-20-8-4-3-7-18(20)23(29)30-14-21(27)26-12-10-17(11-13-26)22(24)28/h3-9,17,25H,10-14H2,1-2H3,(H2,24,28). The fourth-order valence-electron chi connectivity index (χ4n) is 3.51. The first-order valence-electron chi connectivity index (χ1n) is 10.0. The molecule has 0 aromatic heterocycles. The van der Waals surface area contributed by atoms with Gasteiger partial charge >= 0.3 is 5.97 Å². The summed E-state index contributed by atoms with van der Waals surface area (Å²) >= 11 is 0. The van der Waals surface area contributed by atoms with Crippen LogP contribution in [0.4, 0.5) is 11.4 Å².